The van der Waals surface area contributed by atoms with E-state index in [-0.39, 0.29) is 0 Å². The van der Waals surface area contributed by atoms with Gasteiger partial charge in [-0.1, -0.05) is 0 Å². The minimum atomic E-state index is 0.432. The molecule has 0 spiro atoms. The Hall–Kier alpha value is -0.160. The molecule has 0 aliphatic carbocycles. The van der Waals surface area contributed by atoms with E-state index in [4.69, 9.17) is 15.3 Å². The highest BCUT2D eigenvalue weighted by Crippen LogP contribution is 2.41. The number of fused-ring (bicyclic) bond motifs is 2. The largest absolute Gasteiger partial charge is 0.378 e. The van der Waals surface area contributed by atoms with Crippen molar-refractivity contribution < 1.29 is 9.47 Å². The van der Waals surface area contributed by atoms with Gasteiger partial charge in [0.25, 0.3) is 0 Å². The van der Waals surface area contributed by atoms with Gasteiger partial charge in [0.15, 0.2) is 0 Å². The first-order valence-electron chi connectivity index (χ1n) is 7.60. The number of nitrogens with one attached hydrogen (secondary N) is 1. The topological polar surface area (TPSA) is 56.5 Å². The van der Waals surface area contributed by atoms with Gasteiger partial charge in [-0.2, -0.15) is 0 Å². The van der Waals surface area contributed by atoms with Crippen molar-refractivity contribution in [3.63, 3.8) is 0 Å². The Morgan fingerprint density at radius 3 is 2.83 bits per heavy atom. The van der Waals surface area contributed by atoms with Crippen LogP contribution in [-0.2, 0) is 9.47 Å². The summed E-state index contributed by atoms with van der Waals surface area (Å²) in [6, 6.07) is 0.432. The highest BCUT2D eigenvalue weighted by atomic mass is 16.5. The molecular formula is C14H26N2O2. The van der Waals surface area contributed by atoms with E-state index in [1.54, 1.807) is 0 Å². The summed E-state index contributed by atoms with van der Waals surface area (Å²) in [4.78, 5) is 0. The first kappa shape index (κ1) is 12.9. The number of hydrogen-bond donors (Lipinski definition) is 2. The van der Waals surface area contributed by atoms with Gasteiger partial charge in [0.1, 0.15) is 0 Å². The van der Waals surface area contributed by atoms with Crippen molar-refractivity contribution >= 4 is 0 Å². The van der Waals surface area contributed by atoms with Crippen LogP contribution in [-0.4, -0.2) is 31.0 Å². The molecule has 0 radical (unpaired) electrons. The second-order valence-corrected chi connectivity index (χ2v) is 6.11. The molecule has 0 aromatic carbocycles. The van der Waals surface area contributed by atoms with Crippen molar-refractivity contribution in [2.45, 2.75) is 75.7 Å². The lowest BCUT2D eigenvalue weighted by molar-refractivity contribution is 0.0822. The molecule has 3 saturated heterocycles. The first-order valence-corrected chi connectivity index (χ1v) is 7.60. The number of rotatable bonds is 6. The molecule has 3 aliphatic rings. The average Bonchev–Trinajstić information content (AvgIpc) is 3.11. The molecular weight excluding hydrogens is 228 g/mol. The summed E-state index contributed by atoms with van der Waals surface area (Å²) in [6.07, 6.45) is 11.3. The van der Waals surface area contributed by atoms with Gasteiger partial charge in [-0.15, -0.1) is 0 Å². The molecule has 4 heteroatoms. The molecule has 5 atom stereocenters. The zero-order valence-corrected chi connectivity index (χ0v) is 11.1. The molecule has 4 nitrogen and oxygen atoms in total. The molecule has 18 heavy (non-hydrogen) atoms. The molecule has 3 N–H and O–H groups in total. The van der Waals surface area contributed by atoms with Crippen LogP contribution in [0.1, 0.15) is 51.4 Å². The number of hydrazine groups is 1. The fraction of sp³-hybridized carbons (Fsp3) is 1.00. The van der Waals surface area contributed by atoms with E-state index in [0.717, 1.165) is 13.0 Å². The van der Waals surface area contributed by atoms with Crippen LogP contribution in [0.15, 0.2) is 0 Å². The van der Waals surface area contributed by atoms with Gasteiger partial charge >= 0.3 is 0 Å². The monoisotopic (exact) mass is 254 g/mol. The highest BCUT2D eigenvalue weighted by molar-refractivity contribution is 4.94. The number of nitrogens with two attached hydrogens (primary N) is 1. The number of hydrogen-bond acceptors (Lipinski definition) is 4. The minimum Gasteiger partial charge on any atom is -0.378 e. The fourth-order valence-corrected chi connectivity index (χ4v) is 3.96. The van der Waals surface area contributed by atoms with Crippen LogP contribution in [0.3, 0.4) is 0 Å². The molecule has 0 saturated carbocycles. The van der Waals surface area contributed by atoms with E-state index >= 15 is 0 Å². The molecule has 0 aromatic heterocycles. The van der Waals surface area contributed by atoms with Gasteiger partial charge in [-0.25, -0.2) is 0 Å². The standard InChI is InChI=1S/C14H26N2O2/c15-16-13(5-1-3-10-4-2-8-17-10)12-9-11-6-7-14(12)18-11/h10-14,16H,1-9,15H2. The fourth-order valence-electron chi connectivity index (χ4n) is 3.96. The van der Waals surface area contributed by atoms with Crippen molar-refractivity contribution in [2.24, 2.45) is 11.8 Å². The summed E-state index contributed by atoms with van der Waals surface area (Å²) < 4.78 is 11.6. The molecule has 5 unspecified atom stereocenters. The van der Waals surface area contributed by atoms with E-state index in [0.29, 0.717) is 30.3 Å². The molecule has 0 amide bonds. The lowest BCUT2D eigenvalue weighted by atomic mass is 9.82. The molecule has 3 fully saturated rings. The van der Waals surface area contributed by atoms with E-state index in [9.17, 15) is 0 Å². The lowest BCUT2D eigenvalue weighted by Crippen LogP contribution is -2.44. The highest BCUT2D eigenvalue weighted by Gasteiger charge is 2.43. The average molecular weight is 254 g/mol. The summed E-state index contributed by atoms with van der Waals surface area (Å²) >= 11 is 0. The Morgan fingerprint density at radius 2 is 2.22 bits per heavy atom. The van der Waals surface area contributed by atoms with Gasteiger partial charge in [0, 0.05) is 18.6 Å². The van der Waals surface area contributed by atoms with E-state index in [1.165, 1.54) is 44.9 Å². The van der Waals surface area contributed by atoms with Gasteiger partial charge in [-0.05, 0) is 51.4 Å². The second-order valence-electron chi connectivity index (χ2n) is 6.11. The van der Waals surface area contributed by atoms with E-state index < -0.39 is 0 Å². The minimum absolute atomic E-state index is 0.432. The van der Waals surface area contributed by atoms with Gasteiger partial charge in [0.05, 0.1) is 18.3 Å². The smallest absolute Gasteiger partial charge is 0.0624 e. The van der Waals surface area contributed by atoms with Crippen LogP contribution in [0.4, 0.5) is 0 Å². The summed E-state index contributed by atoms with van der Waals surface area (Å²) in [5, 5.41) is 0. The van der Waals surface area contributed by atoms with Crippen LogP contribution in [0.5, 0.6) is 0 Å². The van der Waals surface area contributed by atoms with Gasteiger partial charge < -0.3 is 9.47 Å². The van der Waals surface area contributed by atoms with E-state index in [2.05, 4.69) is 5.43 Å². The van der Waals surface area contributed by atoms with Crippen LogP contribution < -0.4 is 11.3 Å². The molecule has 3 rings (SSSR count). The summed E-state index contributed by atoms with van der Waals surface area (Å²) in [5.41, 5.74) is 3.03. The number of ether oxygens (including phenoxy) is 2. The Bertz CT molecular complexity index is 269. The van der Waals surface area contributed by atoms with Crippen molar-refractivity contribution in [1.29, 1.82) is 0 Å². The molecule has 104 valence electrons. The lowest BCUT2D eigenvalue weighted by Gasteiger charge is -2.28. The summed E-state index contributed by atoms with van der Waals surface area (Å²) in [7, 11) is 0. The SMILES string of the molecule is NNC(CCCC1CCCO1)C1CC2CCC1O2. The predicted molar refractivity (Wildman–Crippen MR) is 69.9 cm³/mol. The zero-order chi connectivity index (χ0) is 12.4. The quantitative estimate of drug-likeness (QED) is 0.560. The second kappa shape index (κ2) is 5.87. The van der Waals surface area contributed by atoms with Crippen molar-refractivity contribution in [2.75, 3.05) is 6.61 Å². The summed E-state index contributed by atoms with van der Waals surface area (Å²) in [5.74, 6) is 6.38. The first-order chi connectivity index (χ1) is 8.86. The maximum Gasteiger partial charge on any atom is 0.0624 e. The zero-order valence-electron chi connectivity index (χ0n) is 11.1. The molecule has 3 heterocycles. The molecule has 2 bridgehead atoms. The third kappa shape index (κ3) is 2.72. The van der Waals surface area contributed by atoms with Crippen LogP contribution in [0, 0.1) is 5.92 Å². The van der Waals surface area contributed by atoms with Crippen LogP contribution in [0.25, 0.3) is 0 Å². The normalized spacial score (nSPS) is 40.5. The Labute approximate surface area is 110 Å². The van der Waals surface area contributed by atoms with Crippen LogP contribution in [0.2, 0.25) is 0 Å². The molecule has 3 aliphatic heterocycles. The third-order valence-electron chi connectivity index (χ3n) is 4.95. The van der Waals surface area contributed by atoms with Gasteiger partial charge in [-0.3, -0.25) is 11.3 Å². The van der Waals surface area contributed by atoms with Gasteiger partial charge in [0.2, 0.25) is 0 Å². The van der Waals surface area contributed by atoms with Crippen LogP contribution >= 0.6 is 0 Å². The maximum absolute atomic E-state index is 5.93. The molecule has 0 aromatic rings. The Kier molecular flexibility index (Phi) is 4.19. The third-order valence-corrected chi connectivity index (χ3v) is 4.95. The Balaban J connectivity index is 1.41. The maximum atomic E-state index is 5.93. The predicted octanol–water partition coefficient (Wildman–Crippen LogP) is 1.74. The van der Waals surface area contributed by atoms with E-state index in [1.807, 2.05) is 0 Å². The summed E-state index contributed by atoms with van der Waals surface area (Å²) in [6.45, 7) is 0.962. The van der Waals surface area contributed by atoms with Crippen molar-refractivity contribution in [3.05, 3.63) is 0 Å². The Morgan fingerprint density at radius 1 is 1.28 bits per heavy atom. The van der Waals surface area contributed by atoms with Crippen molar-refractivity contribution in [1.82, 2.24) is 5.43 Å². The van der Waals surface area contributed by atoms with Crippen molar-refractivity contribution in [3.8, 4) is 0 Å².